The zero-order valence-corrected chi connectivity index (χ0v) is 13.6. The van der Waals surface area contributed by atoms with Gasteiger partial charge in [0, 0.05) is 13.1 Å². The van der Waals surface area contributed by atoms with Crippen LogP contribution in [0.2, 0.25) is 0 Å². The normalized spacial score (nSPS) is 24.9. The highest BCUT2D eigenvalue weighted by atomic mass is 16.7. The van der Waals surface area contributed by atoms with Gasteiger partial charge in [0.25, 0.3) is 0 Å². The minimum atomic E-state index is -0.307. The molecular weight excluding hydrogens is 265 g/mol. The molecule has 0 aliphatic carbocycles. The lowest BCUT2D eigenvalue weighted by Gasteiger charge is -2.36. The van der Waals surface area contributed by atoms with Crippen molar-refractivity contribution in [2.24, 2.45) is 0 Å². The molecule has 4 nitrogen and oxygen atoms in total. The summed E-state index contributed by atoms with van der Waals surface area (Å²) in [5.74, 6) is 0.911. The van der Waals surface area contributed by atoms with Crippen LogP contribution in [0, 0.1) is 0 Å². The van der Waals surface area contributed by atoms with E-state index in [-0.39, 0.29) is 18.3 Å². The number of hydrogen-bond donors (Lipinski definition) is 0. The van der Waals surface area contributed by atoms with Gasteiger partial charge >= 0.3 is 7.12 Å². The minimum absolute atomic E-state index is 0.302. The van der Waals surface area contributed by atoms with E-state index in [9.17, 15) is 0 Å². The van der Waals surface area contributed by atoms with Crippen molar-refractivity contribution in [3.05, 3.63) is 24.3 Å². The summed E-state index contributed by atoms with van der Waals surface area (Å²) in [5.41, 5.74) is 0.430. The summed E-state index contributed by atoms with van der Waals surface area (Å²) in [6, 6.07) is 8.05. The van der Waals surface area contributed by atoms with Crippen LogP contribution >= 0.6 is 0 Å². The van der Waals surface area contributed by atoms with Gasteiger partial charge in [-0.05, 0) is 52.3 Å². The highest BCUT2D eigenvalue weighted by Gasteiger charge is 2.51. The molecule has 2 aliphatic heterocycles. The zero-order valence-electron chi connectivity index (χ0n) is 13.6. The zero-order chi connectivity index (χ0) is 15.3. The molecule has 0 amide bonds. The van der Waals surface area contributed by atoms with Gasteiger partial charge < -0.3 is 14.0 Å². The van der Waals surface area contributed by atoms with E-state index in [1.54, 1.807) is 0 Å². The predicted octanol–water partition coefficient (Wildman–Crippen LogP) is 1.68. The van der Waals surface area contributed by atoms with Crippen LogP contribution in [-0.4, -0.2) is 49.5 Å². The largest absolute Gasteiger partial charge is 0.494 e. The Morgan fingerprint density at radius 3 is 2.05 bits per heavy atom. The molecule has 0 N–H and O–H groups in total. The molecule has 0 radical (unpaired) electrons. The summed E-state index contributed by atoms with van der Waals surface area (Å²) in [4.78, 5) is 2.24. The molecule has 0 bridgehead atoms. The topological polar surface area (TPSA) is 30.9 Å². The molecule has 0 saturated carbocycles. The first-order chi connectivity index (χ1) is 9.77. The molecule has 2 heterocycles. The maximum Gasteiger partial charge on any atom is 0.494 e. The van der Waals surface area contributed by atoms with E-state index in [1.807, 2.05) is 24.3 Å². The predicted molar refractivity (Wildman–Crippen MR) is 84.1 cm³/mol. The van der Waals surface area contributed by atoms with Gasteiger partial charge in [0.2, 0.25) is 0 Å². The van der Waals surface area contributed by atoms with Crippen LogP contribution in [-0.2, 0) is 9.31 Å². The van der Waals surface area contributed by atoms with Gasteiger partial charge in [-0.25, -0.2) is 0 Å². The van der Waals surface area contributed by atoms with Crippen molar-refractivity contribution in [2.45, 2.75) is 45.0 Å². The summed E-state index contributed by atoms with van der Waals surface area (Å²) >= 11 is 0. The third-order valence-corrected chi connectivity index (χ3v) is 4.74. The van der Waals surface area contributed by atoms with Gasteiger partial charge in [-0.15, -0.1) is 0 Å². The van der Waals surface area contributed by atoms with Crippen molar-refractivity contribution >= 4 is 12.6 Å². The van der Waals surface area contributed by atoms with Gasteiger partial charge in [0.05, 0.1) is 11.2 Å². The number of rotatable bonds is 3. The fraction of sp³-hybridized carbons (Fsp3) is 0.625. The highest BCUT2D eigenvalue weighted by Crippen LogP contribution is 2.36. The quantitative estimate of drug-likeness (QED) is 0.792. The molecule has 5 heteroatoms. The summed E-state index contributed by atoms with van der Waals surface area (Å²) in [6.45, 7) is 10.3. The second-order valence-electron chi connectivity index (χ2n) is 7.12. The van der Waals surface area contributed by atoms with Crippen LogP contribution in [0.3, 0.4) is 0 Å². The van der Waals surface area contributed by atoms with Crippen molar-refractivity contribution < 1.29 is 14.0 Å². The summed E-state index contributed by atoms with van der Waals surface area (Å²) in [5, 5.41) is 0. The Balaban J connectivity index is 1.65. The van der Waals surface area contributed by atoms with Crippen LogP contribution in [0.4, 0.5) is 0 Å². The first kappa shape index (κ1) is 14.9. The molecule has 1 aromatic rings. The standard InChI is InChI=1S/C16H24BNO3/c1-15(2)16(3,4)21-17(20-15)12-6-8-13(9-7-12)19-14-10-18(5)11-14/h6-9,14H,10-11H2,1-5H3. The van der Waals surface area contributed by atoms with E-state index < -0.39 is 0 Å². The SMILES string of the molecule is CN1CC(Oc2ccc(B3OC(C)(C)C(C)(C)O3)cc2)C1. The fourth-order valence-corrected chi connectivity index (χ4v) is 2.59. The smallest absolute Gasteiger partial charge is 0.488 e. The van der Waals surface area contributed by atoms with E-state index >= 15 is 0 Å². The van der Waals surface area contributed by atoms with E-state index in [4.69, 9.17) is 14.0 Å². The number of ether oxygens (including phenoxy) is 1. The third-order valence-electron chi connectivity index (χ3n) is 4.74. The molecule has 1 aromatic carbocycles. The Morgan fingerprint density at radius 2 is 1.57 bits per heavy atom. The molecule has 2 saturated heterocycles. The van der Waals surface area contributed by atoms with Crippen molar-refractivity contribution in [3.8, 4) is 5.75 Å². The molecule has 2 fully saturated rings. The fourth-order valence-electron chi connectivity index (χ4n) is 2.59. The summed E-state index contributed by atoms with van der Waals surface area (Å²) in [7, 11) is 1.79. The lowest BCUT2D eigenvalue weighted by atomic mass is 9.79. The lowest BCUT2D eigenvalue weighted by molar-refractivity contribution is 0.00578. The number of likely N-dealkylation sites (N-methyl/N-ethyl adjacent to an activating group) is 1. The average Bonchev–Trinajstić information content (AvgIpc) is 2.57. The highest BCUT2D eigenvalue weighted by molar-refractivity contribution is 6.62. The molecule has 2 aliphatic rings. The monoisotopic (exact) mass is 289 g/mol. The number of benzene rings is 1. The van der Waals surface area contributed by atoms with Crippen LogP contribution in [0.5, 0.6) is 5.75 Å². The van der Waals surface area contributed by atoms with Crippen LogP contribution in [0.1, 0.15) is 27.7 Å². The molecule has 0 unspecified atom stereocenters. The van der Waals surface area contributed by atoms with Gasteiger partial charge in [-0.3, -0.25) is 4.90 Å². The number of hydrogen-bond acceptors (Lipinski definition) is 4. The third kappa shape index (κ3) is 2.82. The average molecular weight is 289 g/mol. The Morgan fingerprint density at radius 1 is 1.05 bits per heavy atom. The second-order valence-corrected chi connectivity index (χ2v) is 7.12. The molecule has 21 heavy (non-hydrogen) atoms. The molecule has 0 atom stereocenters. The van der Waals surface area contributed by atoms with Crippen molar-refractivity contribution in [2.75, 3.05) is 20.1 Å². The second kappa shape index (κ2) is 5.01. The van der Waals surface area contributed by atoms with Crippen LogP contribution in [0.15, 0.2) is 24.3 Å². The minimum Gasteiger partial charge on any atom is -0.488 e. The molecular formula is C16H24BNO3. The molecule has 114 valence electrons. The van der Waals surface area contributed by atoms with Crippen LogP contribution < -0.4 is 10.2 Å². The van der Waals surface area contributed by atoms with Gasteiger partial charge in [0.1, 0.15) is 11.9 Å². The van der Waals surface area contributed by atoms with Gasteiger partial charge in [-0.1, -0.05) is 12.1 Å². The lowest BCUT2D eigenvalue weighted by Crippen LogP contribution is -2.51. The Labute approximate surface area is 127 Å². The van der Waals surface area contributed by atoms with E-state index in [0.717, 1.165) is 24.3 Å². The Hall–Kier alpha value is -1.04. The van der Waals surface area contributed by atoms with Gasteiger partial charge in [-0.2, -0.15) is 0 Å². The maximum absolute atomic E-state index is 6.05. The van der Waals surface area contributed by atoms with E-state index in [2.05, 4.69) is 39.6 Å². The Kier molecular flexibility index (Phi) is 3.55. The first-order valence-electron chi connectivity index (χ1n) is 7.58. The number of likely N-dealkylation sites (tertiary alicyclic amines) is 1. The Bertz CT molecular complexity index is 493. The molecule has 0 aromatic heterocycles. The molecule has 3 rings (SSSR count). The summed E-state index contributed by atoms with van der Waals surface area (Å²) in [6.07, 6.45) is 0.317. The van der Waals surface area contributed by atoms with E-state index in [1.165, 1.54) is 0 Å². The number of nitrogens with zero attached hydrogens (tertiary/aromatic N) is 1. The van der Waals surface area contributed by atoms with E-state index in [0.29, 0.717) is 6.10 Å². The van der Waals surface area contributed by atoms with Crippen molar-refractivity contribution in [1.29, 1.82) is 0 Å². The van der Waals surface area contributed by atoms with Crippen molar-refractivity contribution in [3.63, 3.8) is 0 Å². The maximum atomic E-state index is 6.05. The molecule has 0 spiro atoms. The summed E-state index contributed by atoms with van der Waals surface area (Å²) < 4.78 is 18.0. The van der Waals surface area contributed by atoms with Crippen molar-refractivity contribution in [1.82, 2.24) is 4.90 Å². The van der Waals surface area contributed by atoms with Gasteiger partial charge in [0.15, 0.2) is 0 Å². The van der Waals surface area contributed by atoms with Crippen LogP contribution in [0.25, 0.3) is 0 Å². The first-order valence-corrected chi connectivity index (χ1v) is 7.58.